The Hall–Kier alpha value is -1.16. The Morgan fingerprint density at radius 2 is 1.92 bits per heavy atom. The monoisotopic (exact) mass is 183 g/mol. The van der Waals surface area contributed by atoms with Gasteiger partial charge in [0.1, 0.15) is 6.23 Å². The van der Waals surface area contributed by atoms with Crippen LogP contribution in [0.4, 0.5) is 0 Å². The lowest BCUT2D eigenvalue weighted by atomic mass is 10.3. The van der Waals surface area contributed by atoms with E-state index in [1.807, 2.05) is 6.92 Å². The third-order valence-corrected chi connectivity index (χ3v) is 1.94. The van der Waals surface area contributed by atoms with E-state index in [1.54, 1.807) is 0 Å². The first-order valence-electron chi connectivity index (χ1n) is 4.28. The van der Waals surface area contributed by atoms with Crippen molar-refractivity contribution in [2.45, 2.75) is 26.0 Å². The molecule has 0 saturated carbocycles. The molecule has 0 aromatic rings. The average molecular weight is 183 g/mol. The van der Waals surface area contributed by atoms with E-state index < -0.39 is 6.23 Å². The maximum atomic E-state index is 11.2. The van der Waals surface area contributed by atoms with Gasteiger partial charge in [0, 0.05) is 19.3 Å². The minimum absolute atomic E-state index is 0.287. The summed E-state index contributed by atoms with van der Waals surface area (Å²) >= 11 is 0. The molecule has 0 aliphatic carbocycles. The number of ether oxygens (including phenoxy) is 1. The van der Waals surface area contributed by atoms with Gasteiger partial charge in [-0.2, -0.15) is 0 Å². The van der Waals surface area contributed by atoms with Crippen LogP contribution >= 0.6 is 0 Å². The van der Waals surface area contributed by atoms with Crippen LogP contribution in [-0.4, -0.2) is 30.1 Å². The largest absolute Gasteiger partial charge is 0.361 e. The van der Waals surface area contributed by atoms with Gasteiger partial charge in [-0.1, -0.05) is 13.3 Å². The summed E-state index contributed by atoms with van der Waals surface area (Å²) in [5.74, 6) is -0.574. The Kier molecular flexibility index (Phi) is 3.19. The highest BCUT2D eigenvalue weighted by molar-refractivity contribution is 6.13. The van der Waals surface area contributed by atoms with Gasteiger partial charge >= 0.3 is 0 Å². The van der Waals surface area contributed by atoms with E-state index in [0.29, 0.717) is 6.42 Å². The first kappa shape index (κ1) is 9.92. The number of nitrogens with zero attached hydrogens (tertiary/aromatic N) is 1. The minimum Gasteiger partial charge on any atom is -0.361 e. The zero-order valence-corrected chi connectivity index (χ0v) is 7.82. The molecule has 4 nitrogen and oxygen atoms in total. The molecule has 0 saturated heterocycles. The maximum absolute atomic E-state index is 11.2. The summed E-state index contributed by atoms with van der Waals surface area (Å²) in [5.41, 5.74) is 0. The summed E-state index contributed by atoms with van der Waals surface area (Å²) in [6.07, 6.45) is 3.67. The standard InChI is InChI=1S/C9H13NO3/c1-3-4-9(13-2)10-7(11)5-6-8(10)12/h5-6,9H,3-4H2,1-2H3. The lowest BCUT2D eigenvalue weighted by molar-refractivity contribution is -0.150. The van der Waals surface area contributed by atoms with E-state index in [9.17, 15) is 9.59 Å². The quantitative estimate of drug-likeness (QED) is 0.602. The van der Waals surface area contributed by atoms with Crippen LogP contribution in [0.3, 0.4) is 0 Å². The number of imide groups is 1. The smallest absolute Gasteiger partial charge is 0.255 e. The predicted molar refractivity (Wildman–Crippen MR) is 46.7 cm³/mol. The van der Waals surface area contributed by atoms with Gasteiger partial charge in [0.05, 0.1) is 0 Å². The van der Waals surface area contributed by atoms with Crippen LogP contribution in [0.2, 0.25) is 0 Å². The Labute approximate surface area is 77.2 Å². The van der Waals surface area contributed by atoms with Crippen LogP contribution in [0.5, 0.6) is 0 Å². The molecule has 0 fully saturated rings. The van der Waals surface area contributed by atoms with Crippen LogP contribution < -0.4 is 0 Å². The lowest BCUT2D eigenvalue weighted by Gasteiger charge is -2.23. The molecule has 0 N–H and O–H groups in total. The molecule has 1 aliphatic heterocycles. The number of rotatable bonds is 4. The highest BCUT2D eigenvalue weighted by atomic mass is 16.5. The van der Waals surface area contributed by atoms with Crippen LogP contribution in [0.15, 0.2) is 12.2 Å². The third-order valence-electron chi connectivity index (χ3n) is 1.94. The number of carbonyl (C=O) groups is 2. The molecule has 0 bridgehead atoms. The summed E-state index contributed by atoms with van der Waals surface area (Å²) in [6.45, 7) is 1.98. The highest BCUT2D eigenvalue weighted by Crippen LogP contribution is 2.13. The summed E-state index contributed by atoms with van der Waals surface area (Å²) < 4.78 is 5.06. The fourth-order valence-corrected chi connectivity index (χ4v) is 1.29. The normalized spacial score (nSPS) is 18.5. The molecule has 1 heterocycles. The molecule has 0 radical (unpaired) electrons. The number of methoxy groups -OCH3 is 1. The van der Waals surface area contributed by atoms with Crippen molar-refractivity contribution in [2.24, 2.45) is 0 Å². The lowest BCUT2D eigenvalue weighted by Crippen LogP contribution is -2.41. The van der Waals surface area contributed by atoms with E-state index in [4.69, 9.17) is 4.74 Å². The summed E-state index contributed by atoms with van der Waals surface area (Å²) in [5, 5.41) is 0. The molecule has 72 valence electrons. The SMILES string of the molecule is CCCC(OC)N1C(=O)C=CC1=O. The van der Waals surface area contributed by atoms with Crippen molar-refractivity contribution < 1.29 is 14.3 Å². The minimum atomic E-state index is -0.417. The Morgan fingerprint density at radius 3 is 2.31 bits per heavy atom. The van der Waals surface area contributed by atoms with Crippen LogP contribution in [0.25, 0.3) is 0 Å². The Morgan fingerprint density at radius 1 is 1.38 bits per heavy atom. The van der Waals surface area contributed by atoms with Gasteiger partial charge in [0.15, 0.2) is 0 Å². The van der Waals surface area contributed by atoms with Gasteiger partial charge in [-0.3, -0.25) is 9.59 Å². The van der Waals surface area contributed by atoms with Crippen molar-refractivity contribution in [3.05, 3.63) is 12.2 Å². The third kappa shape index (κ3) is 1.95. The molecule has 0 aromatic heterocycles. The molecule has 13 heavy (non-hydrogen) atoms. The predicted octanol–water partition coefficient (Wildman–Crippen LogP) is 0.684. The number of carbonyl (C=O) groups excluding carboxylic acids is 2. The van der Waals surface area contributed by atoms with Gasteiger partial charge in [0.25, 0.3) is 11.8 Å². The van der Waals surface area contributed by atoms with Crippen LogP contribution in [0.1, 0.15) is 19.8 Å². The van der Waals surface area contributed by atoms with Gasteiger partial charge in [-0.15, -0.1) is 0 Å². The fraction of sp³-hybridized carbons (Fsp3) is 0.556. The molecule has 0 spiro atoms. The average Bonchev–Trinajstić information content (AvgIpc) is 2.43. The number of hydrogen-bond donors (Lipinski definition) is 0. The van der Waals surface area contributed by atoms with Crippen molar-refractivity contribution in [3.63, 3.8) is 0 Å². The molecule has 1 rings (SSSR count). The molecule has 2 amide bonds. The maximum Gasteiger partial charge on any atom is 0.255 e. The summed E-state index contributed by atoms with van der Waals surface area (Å²) in [7, 11) is 1.50. The van der Waals surface area contributed by atoms with Gasteiger partial charge in [0.2, 0.25) is 0 Å². The molecule has 4 heteroatoms. The van der Waals surface area contributed by atoms with Crippen molar-refractivity contribution in [2.75, 3.05) is 7.11 Å². The van der Waals surface area contributed by atoms with Crippen molar-refractivity contribution in [1.82, 2.24) is 4.90 Å². The van der Waals surface area contributed by atoms with Gasteiger partial charge < -0.3 is 4.74 Å². The first-order chi connectivity index (χ1) is 6.20. The molecule has 1 aliphatic rings. The second kappa shape index (κ2) is 4.18. The van der Waals surface area contributed by atoms with Crippen LogP contribution in [0, 0.1) is 0 Å². The second-order valence-corrected chi connectivity index (χ2v) is 2.86. The summed E-state index contributed by atoms with van der Waals surface area (Å²) in [6, 6.07) is 0. The van der Waals surface area contributed by atoms with E-state index in [1.165, 1.54) is 19.3 Å². The summed E-state index contributed by atoms with van der Waals surface area (Å²) in [4.78, 5) is 23.5. The highest BCUT2D eigenvalue weighted by Gasteiger charge is 2.30. The Bertz CT molecular complexity index is 229. The molecular weight excluding hydrogens is 170 g/mol. The molecular formula is C9H13NO3. The number of amides is 2. The van der Waals surface area contributed by atoms with Gasteiger partial charge in [-0.05, 0) is 6.42 Å². The zero-order valence-electron chi connectivity index (χ0n) is 7.82. The van der Waals surface area contributed by atoms with Crippen molar-refractivity contribution in [3.8, 4) is 0 Å². The van der Waals surface area contributed by atoms with E-state index in [-0.39, 0.29) is 11.8 Å². The second-order valence-electron chi connectivity index (χ2n) is 2.86. The van der Waals surface area contributed by atoms with E-state index in [2.05, 4.69) is 0 Å². The van der Waals surface area contributed by atoms with Crippen LogP contribution in [-0.2, 0) is 14.3 Å². The molecule has 1 unspecified atom stereocenters. The first-order valence-corrected chi connectivity index (χ1v) is 4.28. The zero-order chi connectivity index (χ0) is 9.84. The van der Waals surface area contributed by atoms with E-state index in [0.717, 1.165) is 11.3 Å². The molecule has 0 aromatic carbocycles. The number of hydrogen-bond acceptors (Lipinski definition) is 3. The van der Waals surface area contributed by atoms with Gasteiger partial charge in [-0.25, -0.2) is 4.90 Å². The fourth-order valence-electron chi connectivity index (χ4n) is 1.29. The molecule has 1 atom stereocenters. The van der Waals surface area contributed by atoms with Crippen molar-refractivity contribution >= 4 is 11.8 Å². The Balaban J connectivity index is 2.68. The van der Waals surface area contributed by atoms with E-state index >= 15 is 0 Å². The topological polar surface area (TPSA) is 46.6 Å². The van der Waals surface area contributed by atoms with Crippen molar-refractivity contribution in [1.29, 1.82) is 0 Å².